The minimum absolute atomic E-state index is 0.495. The van der Waals surface area contributed by atoms with Gasteiger partial charge in [-0.25, -0.2) is 0 Å². The van der Waals surface area contributed by atoms with Gasteiger partial charge in [-0.3, -0.25) is 0 Å². The van der Waals surface area contributed by atoms with Gasteiger partial charge in [0.2, 0.25) is 11.9 Å². The Hall–Kier alpha value is -2.55. The Kier molecular flexibility index (Phi) is 9.19. The van der Waals surface area contributed by atoms with E-state index in [1.807, 2.05) is 31.2 Å². The standard InChI is InChI=1S/C19H28N6O2/c1-3-9-21-18-23-17(16-6-4-15(2)5-7-16)24-19(25-18)22-10-12-27-14-13-26-11-8-20/h3-7H,1,8-14,20H2,2H3,(H2,21,22,23,24,25). The number of aromatic nitrogens is 3. The first-order valence-electron chi connectivity index (χ1n) is 9.00. The molecule has 0 unspecified atom stereocenters. The van der Waals surface area contributed by atoms with Crippen molar-refractivity contribution in [2.75, 3.05) is 56.7 Å². The van der Waals surface area contributed by atoms with E-state index in [1.165, 1.54) is 5.56 Å². The lowest BCUT2D eigenvalue weighted by atomic mass is 10.1. The summed E-state index contributed by atoms with van der Waals surface area (Å²) in [4.78, 5) is 13.4. The molecule has 2 aromatic rings. The molecule has 1 aromatic carbocycles. The van der Waals surface area contributed by atoms with E-state index in [4.69, 9.17) is 15.2 Å². The van der Waals surface area contributed by atoms with Crippen LogP contribution in [0.2, 0.25) is 0 Å². The van der Waals surface area contributed by atoms with E-state index in [-0.39, 0.29) is 0 Å². The molecule has 0 aliphatic heterocycles. The molecule has 0 amide bonds. The first-order valence-corrected chi connectivity index (χ1v) is 9.00. The highest BCUT2D eigenvalue weighted by Gasteiger charge is 2.08. The Morgan fingerprint density at radius 3 is 2.30 bits per heavy atom. The van der Waals surface area contributed by atoms with Crippen LogP contribution in [0.3, 0.4) is 0 Å². The number of nitrogens with two attached hydrogens (primary N) is 1. The lowest BCUT2D eigenvalue weighted by Crippen LogP contribution is -2.16. The SMILES string of the molecule is C=CCNc1nc(NCCOCCOCCN)nc(-c2ccc(C)cc2)n1. The van der Waals surface area contributed by atoms with Gasteiger partial charge in [-0.15, -0.1) is 6.58 Å². The zero-order chi connectivity index (χ0) is 19.3. The molecule has 0 bridgehead atoms. The molecule has 4 N–H and O–H groups in total. The van der Waals surface area contributed by atoms with Crippen LogP contribution in [0.4, 0.5) is 11.9 Å². The monoisotopic (exact) mass is 372 g/mol. The molecular weight excluding hydrogens is 344 g/mol. The average molecular weight is 372 g/mol. The van der Waals surface area contributed by atoms with Crippen LogP contribution in [-0.2, 0) is 9.47 Å². The summed E-state index contributed by atoms with van der Waals surface area (Å²) >= 11 is 0. The Balaban J connectivity index is 1.94. The number of benzene rings is 1. The Labute approximate surface area is 160 Å². The normalized spacial score (nSPS) is 10.6. The Morgan fingerprint density at radius 2 is 1.63 bits per heavy atom. The fourth-order valence-corrected chi connectivity index (χ4v) is 2.17. The van der Waals surface area contributed by atoms with Crippen LogP contribution in [0.1, 0.15) is 5.56 Å². The van der Waals surface area contributed by atoms with Gasteiger partial charge in [0.1, 0.15) is 0 Å². The molecule has 0 saturated heterocycles. The maximum atomic E-state index is 5.50. The lowest BCUT2D eigenvalue weighted by molar-refractivity contribution is 0.0547. The van der Waals surface area contributed by atoms with Crippen molar-refractivity contribution >= 4 is 11.9 Å². The summed E-state index contributed by atoms with van der Waals surface area (Å²) in [6.07, 6.45) is 1.75. The molecule has 0 spiro atoms. The van der Waals surface area contributed by atoms with Crippen LogP contribution in [0.5, 0.6) is 0 Å². The zero-order valence-corrected chi connectivity index (χ0v) is 15.8. The smallest absolute Gasteiger partial charge is 0.228 e. The molecule has 0 fully saturated rings. The fourth-order valence-electron chi connectivity index (χ4n) is 2.17. The number of ether oxygens (including phenoxy) is 2. The van der Waals surface area contributed by atoms with Gasteiger partial charge in [0.25, 0.3) is 0 Å². The molecule has 0 atom stereocenters. The van der Waals surface area contributed by atoms with E-state index < -0.39 is 0 Å². The first kappa shape index (κ1) is 20.8. The lowest BCUT2D eigenvalue weighted by Gasteiger charge is -2.10. The molecule has 0 aliphatic carbocycles. The molecule has 0 radical (unpaired) electrons. The summed E-state index contributed by atoms with van der Waals surface area (Å²) in [5, 5.41) is 6.28. The summed E-state index contributed by atoms with van der Waals surface area (Å²) in [5.41, 5.74) is 7.47. The summed E-state index contributed by atoms with van der Waals surface area (Å²) in [6.45, 7) is 9.55. The van der Waals surface area contributed by atoms with Crippen LogP contribution >= 0.6 is 0 Å². The van der Waals surface area contributed by atoms with Crippen molar-refractivity contribution in [3.63, 3.8) is 0 Å². The average Bonchev–Trinajstić information content (AvgIpc) is 2.69. The predicted octanol–water partition coefficient (Wildman–Crippen LogP) is 1.85. The number of hydrogen-bond acceptors (Lipinski definition) is 8. The van der Waals surface area contributed by atoms with Gasteiger partial charge in [-0.1, -0.05) is 35.9 Å². The highest BCUT2D eigenvalue weighted by Crippen LogP contribution is 2.18. The van der Waals surface area contributed by atoms with E-state index >= 15 is 0 Å². The second kappa shape index (κ2) is 11.9. The Bertz CT molecular complexity index is 693. The molecule has 1 heterocycles. The fraction of sp³-hybridized carbons (Fsp3) is 0.421. The largest absolute Gasteiger partial charge is 0.378 e. The van der Waals surface area contributed by atoms with Gasteiger partial charge in [-0.05, 0) is 6.92 Å². The molecule has 2 rings (SSSR count). The number of anilines is 2. The molecule has 27 heavy (non-hydrogen) atoms. The molecule has 1 aromatic heterocycles. The zero-order valence-electron chi connectivity index (χ0n) is 15.8. The van der Waals surface area contributed by atoms with Gasteiger partial charge in [0, 0.05) is 25.2 Å². The minimum atomic E-state index is 0.495. The van der Waals surface area contributed by atoms with E-state index in [2.05, 4.69) is 32.2 Å². The number of aryl methyl sites for hydroxylation is 1. The van der Waals surface area contributed by atoms with Gasteiger partial charge in [0.15, 0.2) is 5.82 Å². The molecule has 146 valence electrons. The molecular formula is C19H28N6O2. The number of nitrogens with one attached hydrogen (secondary N) is 2. The van der Waals surface area contributed by atoms with Crippen LogP contribution in [0.15, 0.2) is 36.9 Å². The summed E-state index contributed by atoms with van der Waals surface area (Å²) in [6, 6.07) is 8.06. The van der Waals surface area contributed by atoms with Gasteiger partial charge >= 0.3 is 0 Å². The summed E-state index contributed by atoms with van der Waals surface area (Å²) in [7, 11) is 0. The van der Waals surface area contributed by atoms with Crippen molar-refractivity contribution in [3.05, 3.63) is 42.5 Å². The molecule has 0 aliphatic rings. The van der Waals surface area contributed by atoms with Crippen molar-refractivity contribution in [1.29, 1.82) is 0 Å². The maximum Gasteiger partial charge on any atom is 0.228 e. The number of hydrogen-bond donors (Lipinski definition) is 3. The van der Waals surface area contributed by atoms with Crippen molar-refractivity contribution in [3.8, 4) is 11.4 Å². The Morgan fingerprint density at radius 1 is 0.963 bits per heavy atom. The van der Waals surface area contributed by atoms with Crippen molar-refractivity contribution < 1.29 is 9.47 Å². The highest BCUT2D eigenvalue weighted by atomic mass is 16.5. The predicted molar refractivity (Wildman–Crippen MR) is 108 cm³/mol. The minimum Gasteiger partial charge on any atom is -0.378 e. The third-order valence-corrected chi connectivity index (χ3v) is 3.51. The van der Waals surface area contributed by atoms with E-state index in [0.717, 1.165) is 5.56 Å². The van der Waals surface area contributed by atoms with Crippen LogP contribution in [-0.4, -0.2) is 61.0 Å². The number of rotatable bonds is 13. The molecule has 8 heteroatoms. The van der Waals surface area contributed by atoms with Gasteiger partial charge in [0.05, 0.1) is 26.4 Å². The third-order valence-electron chi connectivity index (χ3n) is 3.51. The van der Waals surface area contributed by atoms with Gasteiger partial charge in [-0.2, -0.15) is 15.0 Å². The third kappa shape index (κ3) is 7.69. The van der Waals surface area contributed by atoms with E-state index in [9.17, 15) is 0 Å². The van der Waals surface area contributed by atoms with Crippen molar-refractivity contribution in [2.45, 2.75) is 6.92 Å². The van der Waals surface area contributed by atoms with E-state index in [1.54, 1.807) is 6.08 Å². The van der Waals surface area contributed by atoms with Crippen LogP contribution < -0.4 is 16.4 Å². The quantitative estimate of drug-likeness (QED) is 0.361. The summed E-state index contributed by atoms with van der Waals surface area (Å²) < 4.78 is 10.8. The van der Waals surface area contributed by atoms with Crippen LogP contribution in [0, 0.1) is 6.92 Å². The summed E-state index contributed by atoms with van der Waals surface area (Å²) in [5.74, 6) is 1.60. The van der Waals surface area contributed by atoms with Crippen LogP contribution in [0.25, 0.3) is 11.4 Å². The first-order chi connectivity index (χ1) is 13.2. The highest BCUT2D eigenvalue weighted by molar-refractivity contribution is 5.58. The topological polar surface area (TPSA) is 107 Å². The van der Waals surface area contributed by atoms with Crippen molar-refractivity contribution in [2.24, 2.45) is 5.73 Å². The molecule has 0 saturated carbocycles. The van der Waals surface area contributed by atoms with Gasteiger partial charge < -0.3 is 25.8 Å². The van der Waals surface area contributed by atoms with E-state index in [0.29, 0.717) is 63.8 Å². The maximum absolute atomic E-state index is 5.50. The molecule has 8 nitrogen and oxygen atoms in total. The number of nitrogens with zero attached hydrogens (tertiary/aromatic N) is 3. The van der Waals surface area contributed by atoms with Crippen molar-refractivity contribution in [1.82, 2.24) is 15.0 Å². The second-order valence-corrected chi connectivity index (χ2v) is 5.78. The second-order valence-electron chi connectivity index (χ2n) is 5.78.